The van der Waals surface area contributed by atoms with Crippen molar-refractivity contribution in [3.05, 3.63) is 69.9 Å². The Bertz CT molecular complexity index is 1710. The van der Waals surface area contributed by atoms with Gasteiger partial charge in [-0.25, -0.2) is 14.5 Å². The topological polar surface area (TPSA) is 124 Å². The van der Waals surface area contributed by atoms with Gasteiger partial charge in [-0.15, -0.1) is 0 Å². The molecular formula is C27H25ClN8O4S. The minimum absolute atomic E-state index is 0.194. The Kier molecular flexibility index (Phi) is 6.77. The molecule has 6 heterocycles. The lowest BCUT2D eigenvalue weighted by Crippen LogP contribution is -2.43. The normalized spacial score (nSPS) is 17.2. The first-order valence-corrected chi connectivity index (χ1v) is 14.4. The zero-order valence-corrected chi connectivity index (χ0v) is 23.6. The number of aromatic nitrogens is 6. The Labute approximate surface area is 243 Å². The predicted molar refractivity (Wildman–Crippen MR) is 150 cm³/mol. The van der Waals surface area contributed by atoms with E-state index in [-0.39, 0.29) is 23.6 Å². The maximum absolute atomic E-state index is 13.7. The lowest BCUT2D eigenvalue weighted by atomic mass is 10.0. The van der Waals surface area contributed by atoms with Crippen LogP contribution in [-0.4, -0.2) is 80.0 Å². The number of aryl methyl sites for hydroxylation is 1. The van der Waals surface area contributed by atoms with Crippen LogP contribution in [0.1, 0.15) is 28.3 Å². The molecule has 12 nitrogen and oxygen atoms in total. The maximum Gasteiger partial charge on any atom is 0.261 e. The number of imidazole rings is 1. The smallest absolute Gasteiger partial charge is 0.261 e. The number of fused-ring (bicyclic) bond motifs is 3. The minimum Gasteiger partial charge on any atom is -0.481 e. The van der Waals surface area contributed by atoms with Gasteiger partial charge in [0.05, 0.1) is 24.6 Å². The summed E-state index contributed by atoms with van der Waals surface area (Å²) in [5.74, 6) is 1.52. The molecular weight excluding hydrogens is 568 g/mol. The number of pyridine rings is 1. The summed E-state index contributed by atoms with van der Waals surface area (Å²) in [6.07, 6.45) is 0.558. The van der Waals surface area contributed by atoms with Gasteiger partial charge < -0.3 is 23.8 Å². The van der Waals surface area contributed by atoms with E-state index in [0.717, 1.165) is 45.8 Å². The molecule has 0 spiro atoms. The highest BCUT2D eigenvalue weighted by Gasteiger charge is 2.40. The van der Waals surface area contributed by atoms with Gasteiger partial charge >= 0.3 is 0 Å². The Morgan fingerprint density at radius 1 is 1.10 bits per heavy atom. The highest BCUT2D eigenvalue weighted by Crippen LogP contribution is 2.37. The number of ether oxygens (including phenoxy) is 2. The molecule has 1 saturated heterocycles. The third-order valence-corrected chi connectivity index (χ3v) is 8.18. The van der Waals surface area contributed by atoms with Crippen molar-refractivity contribution in [1.29, 1.82) is 0 Å². The van der Waals surface area contributed by atoms with E-state index in [2.05, 4.69) is 20.1 Å². The summed E-state index contributed by atoms with van der Waals surface area (Å²) in [6.45, 7) is 4.83. The van der Waals surface area contributed by atoms with Gasteiger partial charge in [0.1, 0.15) is 10.8 Å². The molecule has 14 heteroatoms. The Morgan fingerprint density at radius 3 is 2.73 bits per heavy atom. The number of carbonyl (C=O) groups is 1. The van der Waals surface area contributed by atoms with Crippen LogP contribution >= 0.6 is 22.9 Å². The van der Waals surface area contributed by atoms with Crippen LogP contribution in [0.4, 0.5) is 5.82 Å². The summed E-state index contributed by atoms with van der Waals surface area (Å²) in [6, 6.07) is 12.4. The molecule has 41 heavy (non-hydrogen) atoms. The molecule has 0 bridgehead atoms. The molecule has 210 valence electrons. The van der Waals surface area contributed by atoms with Crippen LogP contribution in [0.2, 0.25) is 5.15 Å². The number of nitrogens with zero attached hydrogens (tertiary/aromatic N) is 8. The molecule has 1 atom stereocenters. The molecule has 1 unspecified atom stereocenters. The number of rotatable bonds is 6. The summed E-state index contributed by atoms with van der Waals surface area (Å²) < 4.78 is 18.8. The quantitative estimate of drug-likeness (QED) is 0.270. The number of anilines is 1. The van der Waals surface area contributed by atoms with E-state index in [0.29, 0.717) is 37.8 Å². The number of hydrogen-bond acceptors (Lipinski definition) is 11. The lowest BCUT2D eigenvalue weighted by molar-refractivity contribution is -0.136. The molecule has 2 aliphatic heterocycles. The highest BCUT2D eigenvalue weighted by atomic mass is 35.5. The van der Waals surface area contributed by atoms with E-state index >= 15 is 0 Å². The van der Waals surface area contributed by atoms with E-state index in [9.17, 15) is 4.79 Å². The van der Waals surface area contributed by atoms with Crippen LogP contribution in [0.3, 0.4) is 0 Å². The molecule has 0 aliphatic carbocycles. The van der Waals surface area contributed by atoms with Gasteiger partial charge in [-0.2, -0.15) is 10.1 Å². The predicted octanol–water partition coefficient (Wildman–Crippen LogP) is 3.59. The minimum atomic E-state index is -0.686. The fraction of sp³-hybridized carbons (Fsp3) is 0.333. The summed E-state index contributed by atoms with van der Waals surface area (Å²) in [5, 5.41) is 9.91. The van der Waals surface area contributed by atoms with Gasteiger partial charge in [0, 0.05) is 31.6 Å². The van der Waals surface area contributed by atoms with Gasteiger partial charge in [-0.1, -0.05) is 58.4 Å². The molecule has 1 fully saturated rings. The van der Waals surface area contributed by atoms with Gasteiger partial charge in [0.15, 0.2) is 23.6 Å². The van der Waals surface area contributed by atoms with Gasteiger partial charge in [-0.05, 0) is 19.1 Å². The fourth-order valence-corrected chi connectivity index (χ4v) is 6.11. The number of morpholine rings is 1. The van der Waals surface area contributed by atoms with Crippen molar-refractivity contribution >= 4 is 39.6 Å². The molecule has 5 aromatic rings. The molecule has 0 N–H and O–H groups in total. The third kappa shape index (κ3) is 4.89. The second-order valence-electron chi connectivity index (χ2n) is 9.67. The zero-order chi connectivity index (χ0) is 27.9. The van der Waals surface area contributed by atoms with Crippen LogP contribution < -0.4 is 9.64 Å². The summed E-state index contributed by atoms with van der Waals surface area (Å²) in [4.78, 5) is 32.2. The van der Waals surface area contributed by atoms with Crippen LogP contribution in [0.15, 0.2) is 47.0 Å². The molecule has 1 aromatic carbocycles. The summed E-state index contributed by atoms with van der Waals surface area (Å²) >= 11 is 7.94. The van der Waals surface area contributed by atoms with E-state index in [1.165, 1.54) is 11.3 Å². The maximum atomic E-state index is 13.7. The van der Waals surface area contributed by atoms with E-state index in [4.69, 9.17) is 35.6 Å². The van der Waals surface area contributed by atoms with Crippen LogP contribution in [0, 0.1) is 6.92 Å². The van der Waals surface area contributed by atoms with Crippen LogP contribution in [-0.2, 0) is 16.0 Å². The van der Waals surface area contributed by atoms with Crippen molar-refractivity contribution in [3.8, 4) is 17.1 Å². The van der Waals surface area contributed by atoms with Gasteiger partial charge in [0.2, 0.25) is 10.8 Å². The third-order valence-electron chi connectivity index (χ3n) is 7.09. The average molecular weight is 593 g/mol. The SMILES string of the molecule is Cc1nn2c3c(nc2s1)CCN(C(=O)COc1ccc(N2CCOCC2)nc1Cl)C3c1nc(-c2ccccc2)no1. The first-order chi connectivity index (χ1) is 20.0. The van der Waals surface area contributed by atoms with E-state index in [1.807, 2.05) is 43.3 Å². The Hall–Kier alpha value is -4.07. The van der Waals surface area contributed by atoms with Crippen molar-refractivity contribution in [1.82, 2.24) is 34.6 Å². The number of benzene rings is 1. The standard InChI is InChI=1S/C27H25ClN8O4S/c1-16-32-36-22-18(29-27(36)41-16)9-10-35(23(22)26-31-25(33-40-26)17-5-3-2-4-6-17)21(37)15-39-19-7-8-20(30-24(19)28)34-11-13-38-14-12-34/h2-8,23H,9-15H2,1H3. The van der Waals surface area contributed by atoms with Crippen molar-refractivity contribution in [3.63, 3.8) is 0 Å². The lowest BCUT2D eigenvalue weighted by Gasteiger charge is -2.32. The highest BCUT2D eigenvalue weighted by molar-refractivity contribution is 7.16. The molecule has 2 aliphatic rings. The summed E-state index contributed by atoms with van der Waals surface area (Å²) in [5.41, 5.74) is 2.40. The van der Waals surface area contributed by atoms with Crippen LogP contribution in [0.25, 0.3) is 16.3 Å². The fourth-order valence-electron chi connectivity index (χ4n) is 5.14. The monoisotopic (exact) mass is 592 g/mol. The van der Waals surface area contributed by atoms with Crippen molar-refractivity contribution in [2.24, 2.45) is 0 Å². The van der Waals surface area contributed by atoms with Gasteiger partial charge in [0.25, 0.3) is 11.8 Å². The van der Waals surface area contributed by atoms with E-state index < -0.39 is 6.04 Å². The number of hydrogen-bond donors (Lipinski definition) is 0. The first kappa shape index (κ1) is 25.9. The number of carbonyl (C=O) groups excluding carboxylic acids is 1. The van der Waals surface area contributed by atoms with E-state index in [1.54, 1.807) is 15.5 Å². The van der Waals surface area contributed by atoms with Crippen molar-refractivity contribution < 1.29 is 18.8 Å². The van der Waals surface area contributed by atoms with Gasteiger partial charge in [-0.3, -0.25) is 4.79 Å². The second-order valence-corrected chi connectivity index (χ2v) is 11.2. The second kappa shape index (κ2) is 10.7. The molecule has 0 saturated carbocycles. The first-order valence-electron chi connectivity index (χ1n) is 13.2. The molecule has 1 amide bonds. The molecule has 4 aromatic heterocycles. The number of amides is 1. The number of halogens is 1. The summed E-state index contributed by atoms with van der Waals surface area (Å²) in [7, 11) is 0. The van der Waals surface area contributed by atoms with Crippen molar-refractivity contribution in [2.45, 2.75) is 19.4 Å². The molecule has 7 rings (SSSR count). The Balaban J connectivity index is 1.17. The molecule has 0 radical (unpaired) electrons. The Morgan fingerprint density at radius 2 is 1.93 bits per heavy atom. The zero-order valence-electron chi connectivity index (χ0n) is 22.1. The van der Waals surface area contributed by atoms with Crippen molar-refractivity contribution in [2.75, 3.05) is 44.4 Å². The van der Waals surface area contributed by atoms with Crippen LogP contribution in [0.5, 0.6) is 5.75 Å². The average Bonchev–Trinajstić information content (AvgIpc) is 3.71. The largest absolute Gasteiger partial charge is 0.481 e.